The van der Waals surface area contributed by atoms with Gasteiger partial charge in [0.15, 0.2) is 5.05 Å². The highest BCUT2D eigenvalue weighted by Gasteiger charge is 2.19. The second kappa shape index (κ2) is 7.31. The number of aryl methyl sites for hydroxylation is 3. The van der Waals surface area contributed by atoms with Crippen LogP contribution in [0.25, 0.3) is 0 Å². The van der Waals surface area contributed by atoms with Crippen molar-refractivity contribution in [2.75, 3.05) is 11.9 Å². The molecule has 8 heteroatoms. The Morgan fingerprint density at radius 2 is 2.00 bits per heavy atom. The van der Waals surface area contributed by atoms with Gasteiger partial charge in [-0.3, -0.25) is 10.1 Å². The smallest absolute Gasteiger partial charge is 0.292 e. The van der Waals surface area contributed by atoms with E-state index in [9.17, 15) is 10.1 Å². The summed E-state index contributed by atoms with van der Waals surface area (Å²) in [6.07, 6.45) is 1.55. The van der Waals surface area contributed by atoms with Crippen molar-refractivity contribution in [3.8, 4) is 0 Å². The van der Waals surface area contributed by atoms with Gasteiger partial charge in [-0.2, -0.15) is 0 Å². The van der Waals surface area contributed by atoms with E-state index in [1.807, 2.05) is 20.8 Å². The minimum absolute atomic E-state index is 0.0253. The average Bonchev–Trinajstić information content (AvgIpc) is 2.50. The molecule has 2 rings (SSSR count). The third kappa shape index (κ3) is 3.83. The van der Waals surface area contributed by atoms with Gasteiger partial charge in [-0.05, 0) is 57.1 Å². The number of nitrogens with zero attached hydrogens (tertiary/aromatic N) is 3. The molecule has 0 fully saturated rings. The summed E-state index contributed by atoms with van der Waals surface area (Å²) >= 11 is 5.22. The first kappa shape index (κ1) is 17.7. The van der Waals surface area contributed by atoms with Crippen molar-refractivity contribution in [1.82, 2.24) is 9.97 Å². The van der Waals surface area contributed by atoms with Crippen LogP contribution < -0.4 is 5.32 Å². The second-order valence-electron chi connectivity index (χ2n) is 5.24. The summed E-state index contributed by atoms with van der Waals surface area (Å²) in [5, 5.41) is 14.6. The van der Waals surface area contributed by atoms with E-state index in [0.717, 1.165) is 11.1 Å². The summed E-state index contributed by atoms with van der Waals surface area (Å²) in [7, 11) is 0. The van der Waals surface area contributed by atoms with Gasteiger partial charge in [-0.25, -0.2) is 9.97 Å². The lowest BCUT2D eigenvalue weighted by molar-refractivity contribution is -0.384. The van der Waals surface area contributed by atoms with Crippen LogP contribution in [0, 0.1) is 30.9 Å². The van der Waals surface area contributed by atoms with Gasteiger partial charge in [0.2, 0.25) is 0 Å². The van der Waals surface area contributed by atoms with Crippen LogP contribution in [0.5, 0.6) is 0 Å². The van der Waals surface area contributed by atoms with Crippen LogP contribution in [0.3, 0.4) is 0 Å². The minimum Gasteiger partial charge on any atom is -0.483 e. The number of rotatable bonds is 5. The Bertz CT molecular complexity index is 808. The van der Waals surface area contributed by atoms with E-state index in [0.29, 0.717) is 29.5 Å². The van der Waals surface area contributed by atoms with Crippen molar-refractivity contribution in [2.24, 2.45) is 0 Å². The Morgan fingerprint density at radius 1 is 1.33 bits per heavy atom. The quantitative estimate of drug-likeness (QED) is 0.500. The Labute approximate surface area is 145 Å². The monoisotopic (exact) mass is 346 g/mol. The first-order valence-electron chi connectivity index (χ1n) is 7.37. The predicted octanol–water partition coefficient (Wildman–Crippen LogP) is 3.77. The van der Waals surface area contributed by atoms with E-state index in [2.05, 4.69) is 15.3 Å². The number of benzene rings is 1. The van der Waals surface area contributed by atoms with Gasteiger partial charge >= 0.3 is 0 Å². The third-order valence-corrected chi connectivity index (χ3v) is 3.80. The van der Waals surface area contributed by atoms with Crippen molar-refractivity contribution >= 4 is 34.5 Å². The van der Waals surface area contributed by atoms with Gasteiger partial charge in [-0.1, -0.05) is 0 Å². The second-order valence-corrected chi connectivity index (χ2v) is 5.61. The van der Waals surface area contributed by atoms with Crippen LogP contribution in [0.4, 0.5) is 17.2 Å². The first-order valence-corrected chi connectivity index (χ1v) is 7.77. The van der Waals surface area contributed by atoms with Crippen LogP contribution in [-0.4, -0.2) is 26.5 Å². The van der Waals surface area contributed by atoms with E-state index in [1.165, 1.54) is 6.07 Å². The average molecular weight is 346 g/mol. The molecule has 0 aliphatic heterocycles. The van der Waals surface area contributed by atoms with Gasteiger partial charge < -0.3 is 10.1 Å². The predicted molar refractivity (Wildman–Crippen MR) is 95.9 cm³/mol. The molecule has 0 aliphatic rings. The van der Waals surface area contributed by atoms with Crippen molar-refractivity contribution in [1.29, 1.82) is 0 Å². The highest BCUT2D eigenvalue weighted by Crippen LogP contribution is 2.31. The third-order valence-electron chi connectivity index (χ3n) is 3.47. The molecule has 0 aliphatic carbocycles. The zero-order valence-electron chi connectivity index (χ0n) is 13.9. The molecule has 0 amide bonds. The zero-order valence-corrected chi connectivity index (χ0v) is 14.7. The van der Waals surface area contributed by atoms with Crippen molar-refractivity contribution in [3.63, 3.8) is 0 Å². The first-order chi connectivity index (χ1) is 11.3. The lowest BCUT2D eigenvalue weighted by Gasteiger charge is -2.13. The van der Waals surface area contributed by atoms with Crippen LogP contribution in [-0.2, 0) is 4.74 Å². The van der Waals surface area contributed by atoms with Gasteiger partial charge in [0.05, 0.1) is 17.1 Å². The van der Waals surface area contributed by atoms with E-state index >= 15 is 0 Å². The molecule has 1 heterocycles. The number of nitrogens with one attached hydrogen (secondary N) is 1. The summed E-state index contributed by atoms with van der Waals surface area (Å²) in [6.45, 7) is 7.68. The molecule has 126 valence electrons. The summed E-state index contributed by atoms with van der Waals surface area (Å²) in [5.74, 6) is 0.902. The molecule has 0 unspecified atom stereocenters. The molecule has 0 saturated heterocycles. The number of hydrogen-bond donors (Lipinski definition) is 1. The molecule has 0 radical (unpaired) electrons. The number of aromatic nitrogens is 2. The fourth-order valence-corrected chi connectivity index (χ4v) is 2.37. The fraction of sp³-hybridized carbons (Fsp3) is 0.312. The SMILES string of the molecule is CCOC(=S)c1cnc(C)nc1Nc1cc(C)c(C)cc1[N+](=O)[O-]. The molecule has 24 heavy (non-hydrogen) atoms. The van der Waals surface area contributed by atoms with Gasteiger partial charge in [0.1, 0.15) is 17.3 Å². The van der Waals surface area contributed by atoms with Crippen LogP contribution in [0.2, 0.25) is 0 Å². The molecule has 0 bridgehead atoms. The van der Waals surface area contributed by atoms with E-state index in [4.69, 9.17) is 17.0 Å². The van der Waals surface area contributed by atoms with Gasteiger partial charge in [-0.15, -0.1) is 0 Å². The molecule has 1 aromatic carbocycles. The molecule has 7 nitrogen and oxygen atoms in total. The van der Waals surface area contributed by atoms with Crippen molar-refractivity contribution < 1.29 is 9.66 Å². The Balaban J connectivity index is 2.52. The molecular formula is C16H18N4O3S. The van der Waals surface area contributed by atoms with Crippen LogP contribution in [0.1, 0.15) is 29.4 Å². The molecule has 1 aromatic heterocycles. The van der Waals surface area contributed by atoms with E-state index in [-0.39, 0.29) is 10.7 Å². The number of anilines is 2. The Kier molecular flexibility index (Phi) is 5.40. The Hall–Kier alpha value is -2.61. The Morgan fingerprint density at radius 3 is 2.62 bits per heavy atom. The number of nitro groups is 1. The number of ether oxygens (including phenoxy) is 1. The molecular weight excluding hydrogens is 328 g/mol. The molecule has 0 atom stereocenters. The molecule has 1 N–H and O–H groups in total. The molecule has 0 spiro atoms. The maximum atomic E-state index is 11.3. The number of thiocarbonyl (C=S) groups is 1. The van der Waals surface area contributed by atoms with Crippen molar-refractivity contribution in [3.05, 3.63) is 51.0 Å². The van der Waals surface area contributed by atoms with E-state index < -0.39 is 4.92 Å². The number of nitro benzene ring substituents is 1. The molecule has 0 saturated carbocycles. The van der Waals surface area contributed by atoms with E-state index in [1.54, 1.807) is 19.2 Å². The van der Waals surface area contributed by atoms with Crippen molar-refractivity contribution in [2.45, 2.75) is 27.7 Å². The fourth-order valence-electron chi connectivity index (χ4n) is 2.10. The van der Waals surface area contributed by atoms with Crippen LogP contribution in [0.15, 0.2) is 18.3 Å². The topological polar surface area (TPSA) is 90.2 Å². The zero-order chi connectivity index (χ0) is 17.9. The lowest BCUT2D eigenvalue weighted by Crippen LogP contribution is -2.11. The van der Waals surface area contributed by atoms with Crippen LogP contribution >= 0.6 is 12.2 Å². The summed E-state index contributed by atoms with van der Waals surface area (Å²) in [6, 6.07) is 3.25. The summed E-state index contributed by atoms with van der Waals surface area (Å²) in [4.78, 5) is 19.4. The van der Waals surface area contributed by atoms with Gasteiger partial charge in [0, 0.05) is 12.3 Å². The highest BCUT2D eigenvalue weighted by molar-refractivity contribution is 7.80. The largest absolute Gasteiger partial charge is 0.483 e. The minimum atomic E-state index is -0.427. The molecule has 2 aromatic rings. The standard InChI is InChI=1S/C16H18N4O3S/c1-5-23-16(24)12-8-17-11(4)18-15(12)19-13-6-9(2)10(3)7-14(13)20(21)22/h6-8H,5H2,1-4H3,(H,17,18,19). The maximum absolute atomic E-state index is 11.3. The van der Waals surface area contributed by atoms with Gasteiger partial charge in [0.25, 0.3) is 5.69 Å². The number of hydrogen-bond acceptors (Lipinski definition) is 7. The summed E-state index contributed by atoms with van der Waals surface area (Å²) < 4.78 is 5.34. The maximum Gasteiger partial charge on any atom is 0.292 e. The highest BCUT2D eigenvalue weighted by atomic mass is 32.1. The summed E-state index contributed by atoms with van der Waals surface area (Å²) in [5.41, 5.74) is 2.59. The lowest BCUT2D eigenvalue weighted by atomic mass is 10.1. The normalized spacial score (nSPS) is 10.3.